The van der Waals surface area contributed by atoms with E-state index in [-0.39, 0.29) is 41.5 Å². The highest BCUT2D eigenvalue weighted by molar-refractivity contribution is 7.91. The molecule has 148 valence electrons. The summed E-state index contributed by atoms with van der Waals surface area (Å²) >= 11 is 5.77. The average molecular weight is 433 g/mol. The lowest BCUT2D eigenvalue weighted by atomic mass is 10.1. The van der Waals surface area contributed by atoms with Crippen LogP contribution in [-0.2, 0) is 9.84 Å². The van der Waals surface area contributed by atoms with Gasteiger partial charge < -0.3 is 10.6 Å². The first-order valence-corrected chi connectivity index (χ1v) is 10.5. The number of benzene rings is 1. The Bertz CT molecular complexity index is 863. The lowest BCUT2D eigenvalue weighted by Gasteiger charge is -2.22. The first kappa shape index (κ1) is 21.7. The van der Waals surface area contributed by atoms with Crippen molar-refractivity contribution in [1.82, 2.24) is 20.4 Å². The van der Waals surface area contributed by atoms with Gasteiger partial charge in [0, 0.05) is 24.3 Å². The maximum Gasteiger partial charge on any atom is 0.271 e. The topological polar surface area (TPSA) is 93.1 Å². The van der Waals surface area contributed by atoms with Crippen molar-refractivity contribution in [2.45, 2.75) is 23.8 Å². The predicted octanol–water partition coefficient (Wildman–Crippen LogP) is 2.09. The SMILES string of the molecule is Cl.O=C(NCCS(=O)(=O)c1ccc(Cl)cc1)c1ccn(C2CCCNC2)n1. The predicted molar refractivity (Wildman–Crippen MR) is 106 cm³/mol. The molecule has 0 aliphatic carbocycles. The van der Waals surface area contributed by atoms with Crippen molar-refractivity contribution in [3.63, 3.8) is 0 Å². The number of nitrogens with one attached hydrogen (secondary N) is 2. The summed E-state index contributed by atoms with van der Waals surface area (Å²) in [5.41, 5.74) is 0.291. The summed E-state index contributed by atoms with van der Waals surface area (Å²) < 4.78 is 26.3. The van der Waals surface area contributed by atoms with Crippen molar-refractivity contribution < 1.29 is 13.2 Å². The van der Waals surface area contributed by atoms with Crippen molar-refractivity contribution in [3.8, 4) is 0 Å². The van der Waals surface area contributed by atoms with Crippen LogP contribution >= 0.6 is 24.0 Å². The van der Waals surface area contributed by atoms with Crippen molar-refractivity contribution in [1.29, 1.82) is 0 Å². The Morgan fingerprint density at radius 1 is 1.30 bits per heavy atom. The van der Waals surface area contributed by atoms with Crippen LogP contribution in [0.25, 0.3) is 0 Å². The van der Waals surface area contributed by atoms with Gasteiger partial charge in [0.25, 0.3) is 5.91 Å². The van der Waals surface area contributed by atoms with Crippen LogP contribution in [0, 0.1) is 0 Å². The summed E-state index contributed by atoms with van der Waals surface area (Å²) in [6.07, 6.45) is 3.89. The van der Waals surface area contributed by atoms with Crippen LogP contribution in [0.5, 0.6) is 0 Å². The van der Waals surface area contributed by atoms with Gasteiger partial charge in [-0.3, -0.25) is 9.48 Å². The third-order valence-electron chi connectivity index (χ3n) is 4.32. The van der Waals surface area contributed by atoms with Gasteiger partial charge in [0.1, 0.15) is 5.69 Å². The Morgan fingerprint density at radius 2 is 2.04 bits per heavy atom. The van der Waals surface area contributed by atoms with Gasteiger partial charge in [0.15, 0.2) is 9.84 Å². The molecular weight excluding hydrogens is 411 g/mol. The van der Waals surface area contributed by atoms with E-state index in [1.165, 1.54) is 24.3 Å². The van der Waals surface area contributed by atoms with Gasteiger partial charge in [-0.2, -0.15) is 5.10 Å². The zero-order valence-corrected chi connectivity index (χ0v) is 17.0. The van der Waals surface area contributed by atoms with Crippen LogP contribution in [-0.4, -0.2) is 49.5 Å². The number of rotatable bonds is 6. The van der Waals surface area contributed by atoms with E-state index in [1.807, 2.05) is 0 Å². The van der Waals surface area contributed by atoms with Crippen molar-refractivity contribution in [3.05, 3.63) is 47.2 Å². The molecule has 2 N–H and O–H groups in total. The van der Waals surface area contributed by atoms with Crippen molar-refractivity contribution >= 4 is 39.8 Å². The molecule has 1 amide bonds. The van der Waals surface area contributed by atoms with E-state index in [2.05, 4.69) is 15.7 Å². The van der Waals surface area contributed by atoms with Crippen molar-refractivity contribution in [2.24, 2.45) is 0 Å². The van der Waals surface area contributed by atoms with Gasteiger partial charge in [0.05, 0.1) is 16.7 Å². The minimum absolute atomic E-state index is 0. The normalized spacial score (nSPS) is 17.1. The summed E-state index contributed by atoms with van der Waals surface area (Å²) in [6, 6.07) is 7.87. The molecule has 1 aliphatic heterocycles. The monoisotopic (exact) mass is 432 g/mol. The molecule has 10 heteroatoms. The molecule has 0 saturated carbocycles. The summed E-state index contributed by atoms with van der Waals surface area (Å²) in [6.45, 7) is 1.86. The van der Waals surface area contributed by atoms with E-state index in [0.717, 1.165) is 25.9 Å². The summed E-state index contributed by atoms with van der Waals surface area (Å²) in [5, 5.41) is 10.7. The Hall–Kier alpha value is -1.61. The fourth-order valence-corrected chi connectivity index (χ4v) is 4.15. The number of aromatic nitrogens is 2. The van der Waals surface area contributed by atoms with Crippen LogP contribution in [0.4, 0.5) is 0 Å². The molecule has 1 saturated heterocycles. The van der Waals surface area contributed by atoms with Crippen LogP contribution < -0.4 is 10.6 Å². The summed E-state index contributed by atoms with van der Waals surface area (Å²) in [7, 11) is -3.47. The Morgan fingerprint density at radius 3 is 2.70 bits per heavy atom. The minimum Gasteiger partial charge on any atom is -0.350 e. The Balaban J connectivity index is 0.00000261. The minimum atomic E-state index is -3.47. The van der Waals surface area contributed by atoms with E-state index < -0.39 is 9.84 Å². The molecule has 1 aliphatic rings. The molecule has 3 rings (SSSR count). The number of carbonyl (C=O) groups is 1. The highest BCUT2D eigenvalue weighted by Gasteiger charge is 2.19. The average Bonchev–Trinajstić information content (AvgIpc) is 3.13. The molecule has 1 aromatic heterocycles. The number of sulfone groups is 1. The zero-order valence-electron chi connectivity index (χ0n) is 14.6. The molecule has 0 radical (unpaired) electrons. The molecule has 1 aromatic carbocycles. The van der Waals surface area contributed by atoms with Crippen molar-refractivity contribution in [2.75, 3.05) is 25.4 Å². The summed E-state index contributed by atoms with van der Waals surface area (Å²) in [4.78, 5) is 12.4. The zero-order chi connectivity index (χ0) is 18.6. The molecule has 2 heterocycles. The maximum atomic E-state index is 12.3. The first-order valence-electron chi connectivity index (χ1n) is 8.48. The van der Waals surface area contributed by atoms with Crippen LogP contribution in [0.2, 0.25) is 5.02 Å². The van der Waals surface area contributed by atoms with E-state index in [9.17, 15) is 13.2 Å². The highest BCUT2D eigenvalue weighted by atomic mass is 35.5. The second kappa shape index (κ2) is 9.54. The van der Waals surface area contributed by atoms with Crippen LogP contribution in [0.3, 0.4) is 0 Å². The molecular formula is C17H22Cl2N4O3S. The number of carbonyl (C=O) groups excluding carboxylic acids is 1. The number of amides is 1. The van der Waals surface area contributed by atoms with Gasteiger partial charge in [-0.1, -0.05) is 11.6 Å². The molecule has 1 unspecified atom stereocenters. The molecule has 1 fully saturated rings. The smallest absolute Gasteiger partial charge is 0.271 e. The van der Waals surface area contributed by atoms with Gasteiger partial charge in [-0.25, -0.2) is 8.42 Å². The van der Waals surface area contributed by atoms with E-state index >= 15 is 0 Å². The van der Waals surface area contributed by atoms with E-state index in [4.69, 9.17) is 11.6 Å². The fraction of sp³-hybridized carbons (Fsp3) is 0.412. The van der Waals surface area contributed by atoms with E-state index in [1.54, 1.807) is 16.9 Å². The van der Waals surface area contributed by atoms with E-state index in [0.29, 0.717) is 10.7 Å². The number of hydrogen-bond acceptors (Lipinski definition) is 5. The number of hydrogen-bond donors (Lipinski definition) is 2. The van der Waals surface area contributed by atoms with Gasteiger partial charge in [-0.05, 0) is 49.7 Å². The third kappa shape index (κ3) is 5.68. The first-order chi connectivity index (χ1) is 12.5. The van der Waals surface area contributed by atoms with Crippen LogP contribution in [0.15, 0.2) is 41.4 Å². The lowest BCUT2D eigenvalue weighted by molar-refractivity contribution is 0.0949. The molecule has 7 nitrogen and oxygen atoms in total. The summed E-state index contributed by atoms with van der Waals surface area (Å²) in [5.74, 6) is -0.563. The second-order valence-corrected chi connectivity index (χ2v) is 8.76. The second-order valence-electron chi connectivity index (χ2n) is 6.21. The van der Waals surface area contributed by atoms with Gasteiger partial charge >= 0.3 is 0 Å². The van der Waals surface area contributed by atoms with Crippen LogP contribution in [0.1, 0.15) is 29.4 Å². The Labute approximate surface area is 169 Å². The molecule has 2 aromatic rings. The quantitative estimate of drug-likeness (QED) is 0.728. The largest absolute Gasteiger partial charge is 0.350 e. The fourth-order valence-electron chi connectivity index (χ4n) is 2.87. The standard InChI is InChI=1S/C17H21ClN4O3S.ClH/c18-13-3-5-15(6-4-13)26(24,25)11-9-20-17(23)16-7-10-22(21-16)14-2-1-8-19-12-14;/h3-7,10,14,19H,1-2,8-9,11-12H2,(H,20,23);1H. The molecule has 1 atom stereocenters. The highest BCUT2D eigenvalue weighted by Crippen LogP contribution is 2.16. The number of piperidine rings is 1. The van der Waals surface area contributed by atoms with Gasteiger partial charge in [0.2, 0.25) is 0 Å². The molecule has 0 spiro atoms. The molecule has 27 heavy (non-hydrogen) atoms. The number of halogens is 2. The maximum absolute atomic E-state index is 12.3. The number of nitrogens with zero attached hydrogens (tertiary/aromatic N) is 2. The van der Waals surface area contributed by atoms with Gasteiger partial charge in [-0.15, -0.1) is 12.4 Å². The molecule has 0 bridgehead atoms. The Kier molecular flexibility index (Phi) is 7.67. The lowest BCUT2D eigenvalue weighted by Crippen LogP contribution is -2.32. The third-order valence-corrected chi connectivity index (χ3v) is 6.30.